The molecule has 0 aromatic rings. The molecule has 0 radical (unpaired) electrons. The lowest BCUT2D eigenvalue weighted by atomic mass is 9.84. The summed E-state index contributed by atoms with van der Waals surface area (Å²) >= 11 is 0. The summed E-state index contributed by atoms with van der Waals surface area (Å²) in [6.07, 6.45) is 1.33. The average Bonchev–Trinajstić information content (AvgIpc) is 2.38. The number of rotatable bonds is 6. The molecule has 2 unspecified atom stereocenters. The van der Waals surface area contributed by atoms with Crippen molar-refractivity contribution in [3.05, 3.63) is 0 Å². The first-order valence-electron chi connectivity index (χ1n) is 7.33. The van der Waals surface area contributed by atoms with Crippen molar-refractivity contribution in [2.75, 3.05) is 26.2 Å². The van der Waals surface area contributed by atoms with Crippen molar-refractivity contribution < 1.29 is 24.2 Å². The van der Waals surface area contributed by atoms with Crippen LogP contribution in [0.4, 0.5) is 4.79 Å². The smallest absolute Gasteiger partial charge is 0.413 e. The SMILES string of the molecule is CCOC(=O)NC(=O)CN1CCCC(C(C)CC(=O)O)C1. The monoisotopic (exact) mass is 300 g/mol. The molecule has 0 spiro atoms. The molecule has 1 saturated heterocycles. The third kappa shape index (κ3) is 6.57. The number of piperidine rings is 1. The first-order chi connectivity index (χ1) is 9.92. The van der Waals surface area contributed by atoms with Gasteiger partial charge in [0.15, 0.2) is 0 Å². The van der Waals surface area contributed by atoms with Gasteiger partial charge < -0.3 is 9.84 Å². The summed E-state index contributed by atoms with van der Waals surface area (Å²) in [6, 6.07) is 0. The number of carbonyl (C=O) groups excluding carboxylic acids is 2. The van der Waals surface area contributed by atoms with E-state index in [1.54, 1.807) is 6.92 Å². The van der Waals surface area contributed by atoms with Gasteiger partial charge in [0.1, 0.15) is 0 Å². The van der Waals surface area contributed by atoms with Gasteiger partial charge in [0.05, 0.1) is 13.2 Å². The molecule has 2 amide bonds. The summed E-state index contributed by atoms with van der Waals surface area (Å²) in [4.78, 5) is 35.6. The maximum Gasteiger partial charge on any atom is 0.413 e. The van der Waals surface area contributed by atoms with E-state index < -0.39 is 12.1 Å². The molecule has 1 aliphatic rings. The lowest BCUT2D eigenvalue weighted by molar-refractivity contribution is -0.138. The van der Waals surface area contributed by atoms with Crippen molar-refractivity contribution in [1.82, 2.24) is 10.2 Å². The normalized spacial score (nSPS) is 20.6. The number of nitrogens with zero attached hydrogens (tertiary/aromatic N) is 1. The number of carboxylic acids is 1. The number of hydrogen-bond donors (Lipinski definition) is 2. The lowest BCUT2D eigenvalue weighted by Crippen LogP contribution is -2.45. The van der Waals surface area contributed by atoms with Crippen LogP contribution in [0.1, 0.15) is 33.1 Å². The van der Waals surface area contributed by atoms with E-state index in [1.807, 2.05) is 11.8 Å². The molecule has 1 rings (SSSR count). The zero-order valence-corrected chi connectivity index (χ0v) is 12.6. The van der Waals surface area contributed by atoms with Crippen molar-refractivity contribution in [1.29, 1.82) is 0 Å². The Morgan fingerprint density at radius 1 is 1.43 bits per heavy atom. The van der Waals surface area contributed by atoms with E-state index in [0.29, 0.717) is 6.54 Å². The van der Waals surface area contributed by atoms with E-state index in [9.17, 15) is 14.4 Å². The minimum Gasteiger partial charge on any atom is -0.481 e. The molecule has 0 aliphatic carbocycles. The highest BCUT2D eigenvalue weighted by Crippen LogP contribution is 2.25. The fourth-order valence-corrected chi connectivity index (χ4v) is 2.67. The van der Waals surface area contributed by atoms with Gasteiger partial charge in [-0.15, -0.1) is 0 Å². The molecule has 7 nitrogen and oxygen atoms in total. The zero-order valence-electron chi connectivity index (χ0n) is 12.6. The largest absolute Gasteiger partial charge is 0.481 e. The molecule has 0 aromatic carbocycles. The van der Waals surface area contributed by atoms with E-state index in [1.165, 1.54) is 0 Å². The Balaban J connectivity index is 2.40. The van der Waals surface area contributed by atoms with Crippen LogP contribution >= 0.6 is 0 Å². The molecule has 1 aliphatic heterocycles. The number of nitrogens with one attached hydrogen (secondary N) is 1. The Morgan fingerprint density at radius 2 is 2.14 bits per heavy atom. The van der Waals surface area contributed by atoms with Crippen molar-refractivity contribution in [3.8, 4) is 0 Å². The van der Waals surface area contributed by atoms with Crippen LogP contribution in [0.2, 0.25) is 0 Å². The zero-order chi connectivity index (χ0) is 15.8. The molecule has 1 fully saturated rings. The van der Waals surface area contributed by atoms with Gasteiger partial charge in [0.2, 0.25) is 5.91 Å². The van der Waals surface area contributed by atoms with Gasteiger partial charge in [-0.2, -0.15) is 0 Å². The maximum absolute atomic E-state index is 11.7. The molecular formula is C14H24N2O5. The molecule has 21 heavy (non-hydrogen) atoms. The van der Waals surface area contributed by atoms with Crippen LogP contribution in [-0.4, -0.2) is 54.2 Å². The van der Waals surface area contributed by atoms with Gasteiger partial charge in [-0.3, -0.25) is 19.8 Å². The van der Waals surface area contributed by atoms with Crippen LogP contribution in [0.5, 0.6) is 0 Å². The van der Waals surface area contributed by atoms with Gasteiger partial charge in [0, 0.05) is 13.0 Å². The van der Waals surface area contributed by atoms with Crippen LogP contribution in [-0.2, 0) is 14.3 Å². The Labute approximate surface area is 124 Å². The van der Waals surface area contributed by atoms with Crippen LogP contribution in [0.25, 0.3) is 0 Å². The quantitative estimate of drug-likeness (QED) is 0.762. The molecular weight excluding hydrogens is 276 g/mol. The number of carboxylic acid groups (broad SMARTS) is 1. The predicted molar refractivity (Wildman–Crippen MR) is 75.7 cm³/mol. The number of amides is 2. The van der Waals surface area contributed by atoms with Crippen LogP contribution in [0, 0.1) is 11.8 Å². The van der Waals surface area contributed by atoms with E-state index in [4.69, 9.17) is 5.11 Å². The highest BCUT2D eigenvalue weighted by atomic mass is 16.5. The molecule has 1 heterocycles. The summed E-state index contributed by atoms with van der Waals surface area (Å²) in [6.45, 7) is 5.42. The Morgan fingerprint density at radius 3 is 2.76 bits per heavy atom. The number of likely N-dealkylation sites (tertiary alicyclic amines) is 1. The second-order valence-corrected chi connectivity index (χ2v) is 5.48. The Kier molecular flexibility index (Phi) is 7.14. The fourth-order valence-electron chi connectivity index (χ4n) is 2.67. The number of alkyl carbamates (subject to hydrolysis) is 1. The summed E-state index contributed by atoms with van der Waals surface area (Å²) in [7, 11) is 0. The highest BCUT2D eigenvalue weighted by molar-refractivity contribution is 5.92. The van der Waals surface area contributed by atoms with Crippen LogP contribution in [0.15, 0.2) is 0 Å². The minimum absolute atomic E-state index is 0.0819. The number of imide groups is 1. The standard InChI is InChI=1S/C14H24N2O5/c1-3-21-14(20)15-12(17)9-16-6-4-5-11(8-16)10(2)7-13(18)19/h10-11H,3-9H2,1-2H3,(H,18,19)(H,15,17,20). The van der Waals surface area contributed by atoms with Crippen LogP contribution in [0.3, 0.4) is 0 Å². The molecule has 7 heteroatoms. The second kappa shape index (κ2) is 8.61. The third-order valence-electron chi connectivity index (χ3n) is 3.73. The van der Waals surface area contributed by atoms with Gasteiger partial charge in [-0.25, -0.2) is 4.79 Å². The lowest BCUT2D eigenvalue weighted by Gasteiger charge is -2.34. The van der Waals surface area contributed by atoms with E-state index in [0.717, 1.165) is 19.4 Å². The van der Waals surface area contributed by atoms with E-state index >= 15 is 0 Å². The number of carbonyl (C=O) groups is 3. The summed E-state index contributed by atoms with van der Waals surface area (Å²) in [5.74, 6) is -0.830. The number of aliphatic carboxylic acids is 1. The predicted octanol–water partition coefficient (Wildman–Crippen LogP) is 1.08. The number of hydrogen-bond acceptors (Lipinski definition) is 5. The van der Waals surface area contributed by atoms with Gasteiger partial charge in [-0.05, 0) is 38.1 Å². The number of ether oxygens (including phenoxy) is 1. The van der Waals surface area contributed by atoms with Gasteiger partial charge in [-0.1, -0.05) is 6.92 Å². The van der Waals surface area contributed by atoms with Crippen molar-refractivity contribution >= 4 is 18.0 Å². The summed E-state index contributed by atoms with van der Waals surface area (Å²) in [5.41, 5.74) is 0. The molecule has 2 atom stereocenters. The van der Waals surface area contributed by atoms with Crippen molar-refractivity contribution in [2.45, 2.75) is 33.1 Å². The first-order valence-corrected chi connectivity index (χ1v) is 7.33. The van der Waals surface area contributed by atoms with Crippen LogP contribution < -0.4 is 5.32 Å². The molecule has 0 aromatic heterocycles. The highest BCUT2D eigenvalue weighted by Gasteiger charge is 2.27. The maximum atomic E-state index is 11.7. The molecule has 2 N–H and O–H groups in total. The van der Waals surface area contributed by atoms with Gasteiger partial charge in [0.25, 0.3) is 0 Å². The van der Waals surface area contributed by atoms with E-state index in [-0.39, 0.29) is 37.3 Å². The Hall–Kier alpha value is -1.63. The molecule has 0 saturated carbocycles. The summed E-state index contributed by atoms with van der Waals surface area (Å²) in [5, 5.41) is 11.0. The average molecular weight is 300 g/mol. The Bertz CT molecular complexity index is 386. The topological polar surface area (TPSA) is 95.9 Å². The van der Waals surface area contributed by atoms with Crippen molar-refractivity contribution in [3.63, 3.8) is 0 Å². The minimum atomic E-state index is -0.792. The van der Waals surface area contributed by atoms with Crippen molar-refractivity contribution in [2.24, 2.45) is 11.8 Å². The second-order valence-electron chi connectivity index (χ2n) is 5.48. The van der Waals surface area contributed by atoms with E-state index in [2.05, 4.69) is 10.1 Å². The first kappa shape index (κ1) is 17.4. The summed E-state index contributed by atoms with van der Waals surface area (Å²) < 4.78 is 4.65. The fraction of sp³-hybridized carbons (Fsp3) is 0.786. The third-order valence-corrected chi connectivity index (χ3v) is 3.73. The molecule has 120 valence electrons. The van der Waals surface area contributed by atoms with Gasteiger partial charge >= 0.3 is 12.1 Å². The molecule has 0 bridgehead atoms.